The molecule has 0 aliphatic carbocycles. The Morgan fingerprint density at radius 2 is 2.04 bits per heavy atom. The fourth-order valence-electron chi connectivity index (χ4n) is 2.36. The number of nitrogens with zero attached hydrogens (tertiary/aromatic N) is 2. The number of rotatable bonds is 5. The highest BCUT2D eigenvalue weighted by Crippen LogP contribution is 2.14. The second-order valence-electron chi connectivity index (χ2n) is 5.63. The van der Waals surface area contributed by atoms with E-state index in [0.29, 0.717) is 11.3 Å². The van der Waals surface area contributed by atoms with Crippen molar-refractivity contribution in [3.05, 3.63) is 60.1 Å². The molecule has 0 spiro atoms. The van der Waals surface area contributed by atoms with Crippen LogP contribution in [0.3, 0.4) is 0 Å². The van der Waals surface area contributed by atoms with Crippen LogP contribution in [0.4, 0.5) is 0 Å². The monoisotopic (exact) mass is 326 g/mol. The average Bonchev–Trinajstić information content (AvgIpc) is 3.19. The van der Waals surface area contributed by atoms with E-state index in [9.17, 15) is 9.59 Å². The van der Waals surface area contributed by atoms with E-state index in [-0.39, 0.29) is 35.9 Å². The Morgan fingerprint density at radius 1 is 1.21 bits per heavy atom. The van der Waals surface area contributed by atoms with Gasteiger partial charge in [-0.2, -0.15) is 0 Å². The zero-order chi connectivity index (χ0) is 17.1. The third kappa shape index (κ3) is 3.15. The van der Waals surface area contributed by atoms with E-state index < -0.39 is 0 Å². The number of imidazole rings is 1. The predicted octanol–water partition coefficient (Wildman–Crippen LogP) is 2.00. The zero-order valence-electron chi connectivity index (χ0n) is 13.4. The van der Waals surface area contributed by atoms with Gasteiger partial charge in [-0.05, 0) is 38.1 Å². The molecule has 3 rings (SSSR count). The molecule has 0 aliphatic rings. The lowest BCUT2D eigenvalue weighted by atomic mass is 10.3. The van der Waals surface area contributed by atoms with Crippen molar-refractivity contribution in [3.8, 4) is 0 Å². The van der Waals surface area contributed by atoms with Gasteiger partial charge < -0.3 is 15.1 Å². The van der Waals surface area contributed by atoms with Crippen LogP contribution in [-0.4, -0.2) is 27.2 Å². The molecule has 3 aromatic heterocycles. The molecule has 0 saturated carbocycles. The second-order valence-corrected chi connectivity index (χ2v) is 5.63. The molecule has 24 heavy (non-hydrogen) atoms. The topological polar surface area (TPSA) is 88.6 Å². The lowest BCUT2D eigenvalue weighted by Crippen LogP contribution is -2.30. The molecule has 3 heterocycles. The van der Waals surface area contributed by atoms with Crippen molar-refractivity contribution in [1.29, 1.82) is 0 Å². The van der Waals surface area contributed by atoms with Crippen LogP contribution in [0.5, 0.6) is 0 Å². The molecular weight excluding hydrogens is 308 g/mol. The van der Waals surface area contributed by atoms with Gasteiger partial charge in [0.15, 0.2) is 5.69 Å². The van der Waals surface area contributed by atoms with Crippen molar-refractivity contribution >= 4 is 17.3 Å². The van der Waals surface area contributed by atoms with E-state index >= 15 is 0 Å². The average molecular weight is 326 g/mol. The Kier molecular flexibility index (Phi) is 4.33. The van der Waals surface area contributed by atoms with Crippen molar-refractivity contribution in [2.24, 2.45) is 0 Å². The third-order valence-corrected chi connectivity index (χ3v) is 3.39. The van der Waals surface area contributed by atoms with E-state index in [2.05, 4.69) is 15.6 Å². The molecule has 3 aromatic rings. The van der Waals surface area contributed by atoms with Crippen LogP contribution in [0.15, 0.2) is 47.2 Å². The van der Waals surface area contributed by atoms with Gasteiger partial charge in [0.1, 0.15) is 5.76 Å². The van der Waals surface area contributed by atoms with Gasteiger partial charge in [-0.3, -0.25) is 14.0 Å². The summed E-state index contributed by atoms with van der Waals surface area (Å²) >= 11 is 0. The van der Waals surface area contributed by atoms with Gasteiger partial charge in [-0.25, -0.2) is 4.98 Å². The van der Waals surface area contributed by atoms with E-state index in [4.69, 9.17) is 4.42 Å². The number of hydrogen-bond donors (Lipinski definition) is 2. The van der Waals surface area contributed by atoms with Crippen LogP contribution in [-0.2, 0) is 6.54 Å². The summed E-state index contributed by atoms with van der Waals surface area (Å²) in [6, 6.07) is 8.84. The Balaban J connectivity index is 1.90. The maximum Gasteiger partial charge on any atom is 0.288 e. The fraction of sp³-hybridized carbons (Fsp3) is 0.235. The quantitative estimate of drug-likeness (QED) is 0.750. The maximum absolute atomic E-state index is 12.4. The molecule has 7 heteroatoms. The van der Waals surface area contributed by atoms with Gasteiger partial charge in [0.05, 0.1) is 18.3 Å². The smallest absolute Gasteiger partial charge is 0.288 e. The third-order valence-electron chi connectivity index (χ3n) is 3.39. The van der Waals surface area contributed by atoms with Crippen LogP contribution in [0.1, 0.15) is 40.7 Å². The maximum atomic E-state index is 12.4. The van der Waals surface area contributed by atoms with Gasteiger partial charge in [0.2, 0.25) is 5.82 Å². The Morgan fingerprint density at radius 3 is 2.75 bits per heavy atom. The first kappa shape index (κ1) is 15.8. The zero-order valence-corrected chi connectivity index (χ0v) is 13.4. The molecule has 124 valence electrons. The molecular formula is C17H18N4O3. The first-order valence-electron chi connectivity index (χ1n) is 7.65. The summed E-state index contributed by atoms with van der Waals surface area (Å²) in [5.41, 5.74) is 0.811. The summed E-state index contributed by atoms with van der Waals surface area (Å²) in [6.45, 7) is 3.99. The normalized spacial score (nSPS) is 11.0. The highest BCUT2D eigenvalue weighted by Gasteiger charge is 2.21. The van der Waals surface area contributed by atoms with Crippen LogP contribution in [0.25, 0.3) is 5.52 Å². The molecule has 0 aromatic carbocycles. The van der Waals surface area contributed by atoms with Gasteiger partial charge in [-0.1, -0.05) is 6.07 Å². The minimum Gasteiger partial charge on any atom is -0.467 e. The summed E-state index contributed by atoms with van der Waals surface area (Å²) in [6.07, 6.45) is 3.25. The number of amides is 2. The Hall–Kier alpha value is -3.09. The van der Waals surface area contributed by atoms with E-state index in [0.717, 1.165) is 0 Å². The lowest BCUT2D eigenvalue weighted by Gasteiger charge is -2.06. The number of nitrogens with one attached hydrogen (secondary N) is 2. The molecule has 0 fully saturated rings. The van der Waals surface area contributed by atoms with Gasteiger partial charge in [0, 0.05) is 12.2 Å². The molecule has 2 amide bonds. The van der Waals surface area contributed by atoms with Crippen molar-refractivity contribution in [3.63, 3.8) is 0 Å². The minimum atomic E-state index is -0.379. The molecule has 0 aliphatic heterocycles. The summed E-state index contributed by atoms with van der Waals surface area (Å²) < 4.78 is 6.79. The summed E-state index contributed by atoms with van der Waals surface area (Å²) in [5.74, 6) is 0.114. The second kappa shape index (κ2) is 6.57. The van der Waals surface area contributed by atoms with Crippen LogP contribution < -0.4 is 10.6 Å². The number of hydrogen-bond acceptors (Lipinski definition) is 4. The van der Waals surface area contributed by atoms with Gasteiger partial charge >= 0.3 is 0 Å². The number of furan rings is 1. The van der Waals surface area contributed by atoms with Crippen LogP contribution >= 0.6 is 0 Å². The standard InChI is InChI=1S/C17H18N4O3/c1-11(2)19-16(22)14-13-7-3-4-8-21(13)15(20-14)17(23)18-10-12-6-5-9-24-12/h3-9,11H,10H2,1-2H3,(H,18,23)(H,19,22). The number of fused-ring (bicyclic) bond motifs is 1. The van der Waals surface area contributed by atoms with Crippen molar-refractivity contribution in [2.45, 2.75) is 26.4 Å². The number of pyridine rings is 1. The fourth-order valence-corrected chi connectivity index (χ4v) is 2.36. The molecule has 0 atom stereocenters. The van der Waals surface area contributed by atoms with Crippen molar-refractivity contribution in [2.75, 3.05) is 0 Å². The highest BCUT2D eigenvalue weighted by molar-refractivity contribution is 6.02. The van der Waals surface area contributed by atoms with Crippen molar-refractivity contribution < 1.29 is 14.0 Å². The molecule has 0 radical (unpaired) electrons. The SMILES string of the molecule is CC(C)NC(=O)c1nc(C(=O)NCc2ccco2)n2ccccc12. The molecule has 2 N–H and O–H groups in total. The van der Waals surface area contributed by atoms with Crippen LogP contribution in [0, 0.1) is 0 Å². The van der Waals surface area contributed by atoms with E-state index in [1.807, 2.05) is 13.8 Å². The number of carbonyl (C=O) groups excluding carboxylic acids is 2. The van der Waals surface area contributed by atoms with Gasteiger partial charge in [-0.15, -0.1) is 0 Å². The Bertz CT molecular complexity index is 865. The number of carbonyl (C=O) groups is 2. The summed E-state index contributed by atoms with van der Waals surface area (Å²) in [5, 5.41) is 5.54. The summed E-state index contributed by atoms with van der Waals surface area (Å²) in [4.78, 5) is 29.0. The van der Waals surface area contributed by atoms with Crippen LogP contribution in [0.2, 0.25) is 0 Å². The van der Waals surface area contributed by atoms with Crippen molar-refractivity contribution in [1.82, 2.24) is 20.0 Å². The molecule has 0 unspecified atom stereocenters. The minimum absolute atomic E-state index is 0.0193. The molecule has 7 nitrogen and oxygen atoms in total. The first-order chi connectivity index (χ1) is 11.6. The number of aromatic nitrogens is 2. The molecule has 0 saturated heterocycles. The van der Waals surface area contributed by atoms with E-state index in [1.54, 1.807) is 47.2 Å². The Labute approximate surface area is 138 Å². The summed E-state index contributed by atoms with van der Waals surface area (Å²) in [7, 11) is 0. The molecule has 0 bridgehead atoms. The first-order valence-corrected chi connectivity index (χ1v) is 7.65. The van der Waals surface area contributed by atoms with Gasteiger partial charge in [0.25, 0.3) is 11.8 Å². The highest BCUT2D eigenvalue weighted by atomic mass is 16.3. The largest absolute Gasteiger partial charge is 0.467 e. The van der Waals surface area contributed by atoms with E-state index in [1.165, 1.54) is 0 Å². The lowest BCUT2D eigenvalue weighted by molar-refractivity contribution is 0.0936. The predicted molar refractivity (Wildman–Crippen MR) is 87.7 cm³/mol.